The molecule has 2 heteroatoms. The van der Waals surface area contributed by atoms with E-state index < -0.39 is 0 Å². The van der Waals surface area contributed by atoms with Gasteiger partial charge in [-0.15, -0.1) is 0 Å². The maximum absolute atomic E-state index is 13.5. The van der Waals surface area contributed by atoms with Crippen LogP contribution >= 0.6 is 0 Å². The first-order chi connectivity index (χ1) is 13.9. The van der Waals surface area contributed by atoms with Gasteiger partial charge in [0.05, 0.1) is 0 Å². The van der Waals surface area contributed by atoms with E-state index in [1.165, 1.54) is 37.7 Å². The van der Waals surface area contributed by atoms with Crippen molar-refractivity contribution in [2.45, 2.75) is 26.3 Å². The highest BCUT2D eigenvalue weighted by Crippen LogP contribution is 2.41. The average Bonchev–Trinajstić information content (AvgIpc) is 2.69. The van der Waals surface area contributed by atoms with Gasteiger partial charge >= 0.3 is 0 Å². The molecule has 0 saturated carbocycles. The fourth-order valence-electron chi connectivity index (χ4n) is 5.23. The van der Waals surface area contributed by atoms with Gasteiger partial charge in [0.25, 0.3) is 5.56 Å². The summed E-state index contributed by atoms with van der Waals surface area (Å²) in [5.74, 6) is 0. The van der Waals surface area contributed by atoms with Gasteiger partial charge in [-0.05, 0) is 64.5 Å². The predicted octanol–water partition coefficient (Wildman–Crippen LogP) is 5.94. The van der Waals surface area contributed by atoms with Gasteiger partial charge in [0.1, 0.15) is 0 Å². The van der Waals surface area contributed by atoms with Crippen molar-refractivity contribution < 1.29 is 0 Å². The van der Waals surface area contributed by atoms with Crippen LogP contribution in [-0.2, 0) is 5.54 Å². The third-order valence-electron chi connectivity index (χ3n) is 6.33. The Morgan fingerprint density at radius 2 is 1.14 bits per heavy atom. The van der Waals surface area contributed by atoms with Crippen LogP contribution in [0.3, 0.4) is 0 Å². The zero-order valence-corrected chi connectivity index (χ0v) is 16.8. The monoisotopic (exact) mass is 375 g/mol. The molecule has 0 atom stereocenters. The molecule has 1 aromatic heterocycles. The molecule has 1 heterocycles. The second kappa shape index (κ2) is 5.15. The van der Waals surface area contributed by atoms with Crippen molar-refractivity contribution in [2.75, 3.05) is 0 Å². The first-order valence-electron chi connectivity index (χ1n) is 10.0. The minimum Gasteiger partial charge on any atom is -0.303 e. The second-order valence-electron chi connectivity index (χ2n) is 9.04. The molecule has 6 aromatic rings. The Bertz CT molecular complexity index is 1600. The zero-order valence-electron chi connectivity index (χ0n) is 16.8. The summed E-state index contributed by atoms with van der Waals surface area (Å²) in [4.78, 5) is 13.5. The maximum atomic E-state index is 13.5. The summed E-state index contributed by atoms with van der Waals surface area (Å²) in [6, 6.07) is 21.4. The van der Waals surface area contributed by atoms with Gasteiger partial charge in [-0.25, -0.2) is 0 Å². The van der Waals surface area contributed by atoms with Gasteiger partial charge in [0.15, 0.2) is 0 Å². The Kier molecular flexibility index (Phi) is 2.94. The standard InChI is InChI=1S/C27H21NO/c1-15-17-11-12-20-18-9-5-7-16-8-6-10-19(23(16)18)21-13-14-22(24(17)25(20)21)26(29)28(15)27(2,3)4/h5-14H,1H2,2-4H3. The number of benzene rings is 5. The molecule has 5 aromatic carbocycles. The van der Waals surface area contributed by atoms with Crippen molar-refractivity contribution in [3.63, 3.8) is 0 Å². The lowest BCUT2D eigenvalue weighted by atomic mass is 9.87. The molecule has 0 radical (unpaired) electrons. The van der Waals surface area contributed by atoms with E-state index in [1.807, 2.05) is 10.6 Å². The number of pyridine rings is 1. The lowest BCUT2D eigenvalue weighted by molar-refractivity contribution is 0.379. The molecule has 0 amide bonds. The lowest BCUT2D eigenvalue weighted by Gasteiger charge is -2.25. The van der Waals surface area contributed by atoms with Crippen molar-refractivity contribution in [1.29, 1.82) is 0 Å². The van der Waals surface area contributed by atoms with Crippen LogP contribution in [0, 0.1) is 0 Å². The molecule has 0 spiro atoms. The SMILES string of the molecule is C=c1c2ccc3c4cccc5cccc(c6ccc(c(=O)n1C(C)(C)C)c2c36)c54. The summed E-state index contributed by atoms with van der Waals surface area (Å²) in [5, 5.41) is 12.3. The van der Waals surface area contributed by atoms with E-state index in [1.54, 1.807) is 0 Å². The van der Waals surface area contributed by atoms with E-state index in [0.717, 1.165) is 21.5 Å². The Morgan fingerprint density at radius 1 is 0.655 bits per heavy atom. The molecule has 0 aliphatic rings. The van der Waals surface area contributed by atoms with E-state index in [-0.39, 0.29) is 11.1 Å². The fourth-order valence-corrected chi connectivity index (χ4v) is 5.23. The number of hydrogen-bond donors (Lipinski definition) is 0. The third-order valence-corrected chi connectivity index (χ3v) is 6.33. The maximum Gasteiger partial charge on any atom is 0.259 e. The Morgan fingerprint density at radius 3 is 1.72 bits per heavy atom. The van der Waals surface area contributed by atoms with Gasteiger partial charge in [0.2, 0.25) is 0 Å². The molecule has 0 N–H and O–H groups in total. The molecule has 6 rings (SSSR count). The van der Waals surface area contributed by atoms with Gasteiger partial charge < -0.3 is 4.57 Å². The summed E-state index contributed by atoms with van der Waals surface area (Å²) in [5.41, 5.74) is -0.291. The van der Waals surface area contributed by atoms with E-state index in [0.29, 0.717) is 0 Å². The molecular weight excluding hydrogens is 354 g/mol. The molecule has 0 aliphatic heterocycles. The minimum absolute atomic E-state index is 0.0377. The number of aromatic nitrogens is 1. The van der Waals surface area contributed by atoms with Crippen molar-refractivity contribution >= 4 is 60.4 Å². The van der Waals surface area contributed by atoms with Crippen molar-refractivity contribution in [3.05, 3.63) is 76.4 Å². The van der Waals surface area contributed by atoms with Crippen LogP contribution in [0.5, 0.6) is 0 Å². The Hall–Kier alpha value is -3.39. The van der Waals surface area contributed by atoms with Crippen LogP contribution < -0.4 is 10.9 Å². The number of hydrogen-bond acceptors (Lipinski definition) is 1. The summed E-state index contributed by atoms with van der Waals surface area (Å²) >= 11 is 0. The Labute approximate surface area is 168 Å². The van der Waals surface area contributed by atoms with Crippen LogP contribution in [0.25, 0.3) is 60.4 Å². The minimum atomic E-state index is -0.329. The van der Waals surface area contributed by atoms with Gasteiger partial charge in [-0.3, -0.25) is 4.79 Å². The molecular formula is C27H21NO. The molecule has 0 saturated heterocycles. The highest BCUT2D eigenvalue weighted by Gasteiger charge is 2.22. The highest BCUT2D eigenvalue weighted by atomic mass is 16.1. The van der Waals surface area contributed by atoms with Crippen molar-refractivity contribution in [1.82, 2.24) is 4.57 Å². The number of nitrogens with zero attached hydrogens (tertiary/aromatic N) is 1. The lowest BCUT2D eigenvalue weighted by Crippen LogP contribution is -2.43. The van der Waals surface area contributed by atoms with Crippen LogP contribution in [0.15, 0.2) is 65.5 Å². The summed E-state index contributed by atoms with van der Waals surface area (Å²) in [6.45, 7) is 10.5. The van der Waals surface area contributed by atoms with Crippen LogP contribution in [-0.4, -0.2) is 4.57 Å². The Balaban J connectivity index is 2.01. The van der Waals surface area contributed by atoms with Gasteiger partial charge in [0, 0.05) is 27.0 Å². The average molecular weight is 375 g/mol. The topological polar surface area (TPSA) is 22.0 Å². The second-order valence-corrected chi connectivity index (χ2v) is 9.04. The molecule has 0 aliphatic carbocycles. The van der Waals surface area contributed by atoms with E-state index >= 15 is 0 Å². The van der Waals surface area contributed by atoms with E-state index in [4.69, 9.17) is 0 Å². The zero-order chi connectivity index (χ0) is 20.1. The summed E-state index contributed by atoms with van der Waals surface area (Å²) < 4.78 is 1.84. The van der Waals surface area contributed by atoms with Gasteiger partial charge in [-0.1, -0.05) is 61.2 Å². The first kappa shape index (κ1) is 16.6. The summed E-state index contributed by atoms with van der Waals surface area (Å²) in [7, 11) is 0. The van der Waals surface area contributed by atoms with Gasteiger partial charge in [-0.2, -0.15) is 0 Å². The molecule has 140 valence electrons. The molecule has 0 fully saturated rings. The van der Waals surface area contributed by atoms with E-state index in [9.17, 15) is 4.79 Å². The van der Waals surface area contributed by atoms with Crippen molar-refractivity contribution in [2.24, 2.45) is 0 Å². The van der Waals surface area contributed by atoms with Crippen LogP contribution in [0.2, 0.25) is 0 Å². The third kappa shape index (κ3) is 1.94. The fraction of sp³-hybridized carbons (Fsp3) is 0.148. The summed E-state index contributed by atoms with van der Waals surface area (Å²) in [6.07, 6.45) is 0. The largest absolute Gasteiger partial charge is 0.303 e. The quantitative estimate of drug-likeness (QED) is 0.238. The van der Waals surface area contributed by atoms with E-state index in [2.05, 4.69) is 81.9 Å². The van der Waals surface area contributed by atoms with Crippen molar-refractivity contribution in [3.8, 4) is 0 Å². The molecule has 0 bridgehead atoms. The molecule has 2 nitrogen and oxygen atoms in total. The normalized spacial score (nSPS) is 12.9. The van der Waals surface area contributed by atoms with Crippen LogP contribution in [0.4, 0.5) is 0 Å². The predicted molar refractivity (Wildman–Crippen MR) is 125 cm³/mol. The number of rotatable bonds is 0. The smallest absolute Gasteiger partial charge is 0.259 e. The number of fused-ring (bicyclic) bond motifs is 2. The van der Waals surface area contributed by atoms with Crippen LogP contribution in [0.1, 0.15) is 20.8 Å². The molecule has 29 heavy (non-hydrogen) atoms. The molecule has 0 unspecified atom stereocenters. The highest BCUT2D eigenvalue weighted by molar-refractivity contribution is 6.36. The first-order valence-corrected chi connectivity index (χ1v) is 10.0.